The highest BCUT2D eigenvalue weighted by Gasteiger charge is 2.45. The molecule has 0 aromatic heterocycles. The summed E-state index contributed by atoms with van der Waals surface area (Å²) in [5.41, 5.74) is 0. The standard InChI is InChI=1S/C12H18O12/c13-1-3(14)5(16)7(18)9(20)11(21)24-10-8(19)6(17)4(15)2-23-12(10)22/h1,3-10,14-20H,2H2/t3-,4+,5+,6+,7-,8-,9-,10+/m0/s1. The van der Waals surface area contributed by atoms with Gasteiger partial charge >= 0.3 is 11.9 Å². The van der Waals surface area contributed by atoms with Crippen molar-refractivity contribution in [2.45, 2.75) is 48.8 Å². The van der Waals surface area contributed by atoms with Gasteiger partial charge < -0.3 is 50.0 Å². The number of hydrogen-bond acceptors (Lipinski definition) is 12. The van der Waals surface area contributed by atoms with Gasteiger partial charge in [0.1, 0.15) is 43.2 Å². The zero-order chi connectivity index (χ0) is 18.6. The van der Waals surface area contributed by atoms with E-state index < -0.39 is 67.4 Å². The topological polar surface area (TPSA) is 211 Å². The maximum absolute atomic E-state index is 11.7. The highest BCUT2D eigenvalue weighted by Crippen LogP contribution is 2.17. The molecule has 1 heterocycles. The fraction of sp³-hybridized carbons (Fsp3) is 0.750. The molecule has 0 aromatic rings. The van der Waals surface area contributed by atoms with Crippen LogP contribution in [0, 0.1) is 0 Å². The first-order chi connectivity index (χ1) is 11.1. The van der Waals surface area contributed by atoms with E-state index in [1.54, 1.807) is 0 Å². The minimum Gasteiger partial charge on any atom is -0.460 e. The molecule has 0 spiro atoms. The molecule has 1 saturated heterocycles. The van der Waals surface area contributed by atoms with Crippen LogP contribution in [0.25, 0.3) is 0 Å². The summed E-state index contributed by atoms with van der Waals surface area (Å²) in [6.45, 7) is -0.680. The smallest absolute Gasteiger partial charge is 0.350 e. The van der Waals surface area contributed by atoms with Gasteiger partial charge in [0.25, 0.3) is 0 Å². The van der Waals surface area contributed by atoms with E-state index >= 15 is 0 Å². The van der Waals surface area contributed by atoms with Crippen molar-refractivity contribution in [1.82, 2.24) is 0 Å². The molecule has 138 valence electrons. The molecular weight excluding hydrogens is 336 g/mol. The fourth-order valence-electron chi connectivity index (χ4n) is 1.82. The van der Waals surface area contributed by atoms with Crippen molar-refractivity contribution in [2.75, 3.05) is 6.61 Å². The molecule has 0 unspecified atom stereocenters. The summed E-state index contributed by atoms with van der Waals surface area (Å²) in [4.78, 5) is 33.5. The van der Waals surface area contributed by atoms with E-state index in [1.165, 1.54) is 0 Å². The van der Waals surface area contributed by atoms with Crippen LogP contribution in [0.5, 0.6) is 0 Å². The Kier molecular flexibility index (Phi) is 7.16. The Labute approximate surface area is 134 Å². The molecule has 0 aromatic carbocycles. The zero-order valence-electron chi connectivity index (χ0n) is 12.1. The first kappa shape index (κ1) is 20.4. The van der Waals surface area contributed by atoms with Gasteiger partial charge in [0, 0.05) is 0 Å². The molecule has 0 bridgehead atoms. The number of hydrogen-bond donors (Lipinski definition) is 7. The van der Waals surface area contributed by atoms with Crippen LogP contribution in [0.2, 0.25) is 0 Å². The lowest BCUT2D eigenvalue weighted by atomic mass is 10.0. The Morgan fingerprint density at radius 1 is 1.12 bits per heavy atom. The quantitative estimate of drug-likeness (QED) is 0.175. The number of aliphatic hydroxyl groups is 7. The number of carbonyl (C=O) groups is 3. The van der Waals surface area contributed by atoms with Gasteiger partial charge in [0.2, 0.25) is 6.10 Å². The van der Waals surface area contributed by atoms with Gasteiger partial charge in [0.05, 0.1) is 0 Å². The largest absolute Gasteiger partial charge is 0.460 e. The first-order valence-corrected chi connectivity index (χ1v) is 6.70. The Morgan fingerprint density at radius 3 is 2.25 bits per heavy atom. The molecule has 12 nitrogen and oxygen atoms in total. The summed E-state index contributed by atoms with van der Waals surface area (Å²) in [7, 11) is 0. The molecule has 0 saturated carbocycles. The molecule has 0 amide bonds. The lowest BCUT2D eigenvalue weighted by Crippen LogP contribution is -2.52. The predicted molar refractivity (Wildman–Crippen MR) is 69.0 cm³/mol. The van der Waals surface area contributed by atoms with Gasteiger partial charge in [-0.05, 0) is 0 Å². The van der Waals surface area contributed by atoms with Gasteiger partial charge in [-0.1, -0.05) is 0 Å². The molecule has 1 aliphatic rings. The highest BCUT2D eigenvalue weighted by molar-refractivity contribution is 5.82. The van der Waals surface area contributed by atoms with Crippen LogP contribution in [-0.4, -0.2) is 109 Å². The van der Waals surface area contributed by atoms with Crippen molar-refractivity contribution in [3.8, 4) is 0 Å². The summed E-state index contributed by atoms with van der Waals surface area (Å²) in [5.74, 6) is -3.05. The van der Waals surface area contributed by atoms with E-state index in [-0.39, 0.29) is 6.29 Å². The molecular formula is C12H18O12. The number of aldehydes is 1. The average molecular weight is 354 g/mol. The monoisotopic (exact) mass is 354 g/mol. The Hall–Kier alpha value is -1.67. The fourth-order valence-corrected chi connectivity index (χ4v) is 1.82. The maximum atomic E-state index is 11.7. The third-order valence-corrected chi connectivity index (χ3v) is 3.33. The second kappa shape index (κ2) is 8.43. The Morgan fingerprint density at radius 2 is 1.71 bits per heavy atom. The molecule has 1 rings (SSSR count). The summed E-state index contributed by atoms with van der Waals surface area (Å²) in [5, 5.41) is 65.9. The maximum Gasteiger partial charge on any atom is 0.350 e. The molecule has 1 fully saturated rings. The lowest BCUT2D eigenvalue weighted by Gasteiger charge is -2.26. The number of rotatable bonds is 6. The van der Waals surface area contributed by atoms with Crippen LogP contribution in [0.3, 0.4) is 0 Å². The van der Waals surface area contributed by atoms with Crippen molar-refractivity contribution >= 4 is 18.2 Å². The van der Waals surface area contributed by atoms with E-state index in [0.717, 1.165) is 0 Å². The minimum absolute atomic E-state index is 0.157. The van der Waals surface area contributed by atoms with E-state index in [0.29, 0.717) is 0 Å². The summed E-state index contributed by atoms with van der Waals surface area (Å²) in [6, 6.07) is 0. The molecule has 0 aliphatic carbocycles. The number of aliphatic hydroxyl groups excluding tert-OH is 7. The molecule has 24 heavy (non-hydrogen) atoms. The van der Waals surface area contributed by atoms with Crippen LogP contribution >= 0.6 is 0 Å². The molecule has 8 atom stereocenters. The van der Waals surface area contributed by atoms with Crippen LogP contribution in [-0.2, 0) is 23.9 Å². The zero-order valence-corrected chi connectivity index (χ0v) is 12.1. The number of ether oxygens (including phenoxy) is 2. The van der Waals surface area contributed by atoms with Crippen molar-refractivity contribution in [3.05, 3.63) is 0 Å². The van der Waals surface area contributed by atoms with Gasteiger partial charge in [-0.25, -0.2) is 9.59 Å². The third-order valence-electron chi connectivity index (χ3n) is 3.33. The SMILES string of the molecule is O=C[C@H](O)[C@@H](O)[C@H](O)[C@H](O)C(=O)O[C@H]1C(=O)OC[C@@H](O)[C@@H](O)[C@@H]1O. The van der Waals surface area contributed by atoms with Crippen LogP contribution in [0.15, 0.2) is 0 Å². The number of carbonyl (C=O) groups excluding carboxylic acids is 3. The van der Waals surface area contributed by atoms with Gasteiger partial charge in [-0.2, -0.15) is 0 Å². The summed E-state index contributed by atoms with van der Waals surface area (Å²) in [6.07, 6.45) is -17.1. The van der Waals surface area contributed by atoms with Crippen molar-refractivity contribution in [2.24, 2.45) is 0 Å². The van der Waals surface area contributed by atoms with E-state index in [9.17, 15) is 45.0 Å². The van der Waals surface area contributed by atoms with Gasteiger partial charge in [-0.3, -0.25) is 0 Å². The van der Waals surface area contributed by atoms with Crippen molar-refractivity contribution in [3.63, 3.8) is 0 Å². The highest BCUT2D eigenvalue weighted by atomic mass is 16.6. The Balaban J connectivity index is 2.80. The van der Waals surface area contributed by atoms with Crippen molar-refractivity contribution < 1.29 is 59.6 Å². The van der Waals surface area contributed by atoms with Crippen LogP contribution in [0.4, 0.5) is 0 Å². The molecule has 12 heteroatoms. The van der Waals surface area contributed by atoms with Crippen molar-refractivity contribution in [1.29, 1.82) is 0 Å². The summed E-state index contributed by atoms with van der Waals surface area (Å²) >= 11 is 0. The predicted octanol–water partition coefficient (Wildman–Crippen LogP) is -5.82. The number of esters is 2. The number of cyclic esters (lactones) is 1. The summed E-state index contributed by atoms with van der Waals surface area (Å²) < 4.78 is 8.88. The van der Waals surface area contributed by atoms with Gasteiger partial charge in [0.15, 0.2) is 12.4 Å². The third kappa shape index (κ3) is 4.45. The van der Waals surface area contributed by atoms with Crippen LogP contribution < -0.4 is 0 Å². The lowest BCUT2D eigenvalue weighted by molar-refractivity contribution is -0.189. The normalized spacial score (nSPS) is 32.7. The first-order valence-electron chi connectivity index (χ1n) is 6.70. The van der Waals surface area contributed by atoms with Crippen LogP contribution in [0.1, 0.15) is 0 Å². The van der Waals surface area contributed by atoms with E-state index in [2.05, 4.69) is 9.47 Å². The molecule has 1 aliphatic heterocycles. The molecule has 0 radical (unpaired) electrons. The second-order valence-corrected chi connectivity index (χ2v) is 5.09. The Bertz CT molecular complexity index is 467. The van der Waals surface area contributed by atoms with E-state index in [4.69, 9.17) is 5.11 Å². The average Bonchev–Trinajstić information content (AvgIpc) is 2.66. The second-order valence-electron chi connectivity index (χ2n) is 5.09. The van der Waals surface area contributed by atoms with E-state index in [1.807, 2.05) is 0 Å². The van der Waals surface area contributed by atoms with Gasteiger partial charge in [-0.15, -0.1) is 0 Å². The minimum atomic E-state index is -2.50. The molecule has 7 N–H and O–H groups in total.